The molecule has 166 valence electrons. The molecule has 3 rings (SSSR count). The van der Waals surface area contributed by atoms with Crippen molar-refractivity contribution in [2.24, 2.45) is 0 Å². The molecule has 0 radical (unpaired) electrons. The normalized spacial score (nSPS) is 15.0. The number of pyridine rings is 1. The number of nitrogens with zero attached hydrogens (tertiary/aromatic N) is 2. The zero-order valence-corrected chi connectivity index (χ0v) is 17.9. The molecule has 0 fully saturated rings. The molecule has 32 heavy (non-hydrogen) atoms. The smallest absolute Gasteiger partial charge is 0.286 e. The van der Waals surface area contributed by atoms with E-state index in [2.05, 4.69) is 10.9 Å². The van der Waals surface area contributed by atoms with Crippen LogP contribution in [-0.2, 0) is 11.3 Å². The van der Waals surface area contributed by atoms with Crippen molar-refractivity contribution in [2.45, 2.75) is 20.4 Å². The first kappa shape index (κ1) is 22.6. The molecule has 1 aliphatic heterocycles. The number of anilines is 1. The lowest BCUT2D eigenvalue weighted by Gasteiger charge is -2.28. The van der Waals surface area contributed by atoms with Gasteiger partial charge in [0.2, 0.25) is 0 Å². The average molecular weight is 436 g/mol. The molecule has 0 saturated carbocycles. The van der Waals surface area contributed by atoms with Crippen molar-refractivity contribution in [3.05, 3.63) is 106 Å². The number of benzene rings is 1. The fourth-order valence-corrected chi connectivity index (χ4v) is 3.30. The van der Waals surface area contributed by atoms with Gasteiger partial charge in [-0.05, 0) is 68.5 Å². The Labute approximate surface area is 185 Å². The van der Waals surface area contributed by atoms with Crippen molar-refractivity contribution >= 4 is 17.4 Å². The summed E-state index contributed by atoms with van der Waals surface area (Å²) < 4.78 is 14.5. The van der Waals surface area contributed by atoms with Gasteiger partial charge in [-0.1, -0.05) is 12.1 Å². The molecule has 2 aromatic rings. The molecule has 0 atom stereocenters. The molecule has 0 bridgehead atoms. The van der Waals surface area contributed by atoms with E-state index in [1.165, 1.54) is 41.0 Å². The van der Waals surface area contributed by atoms with Gasteiger partial charge in [-0.2, -0.15) is 0 Å². The van der Waals surface area contributed by atoms with Gasteiger partial charge < -0.3 is 14.6 Å². The highest BCUT2D eigenvalue weighted by Crippen LogP contribution is 2.21. The number of nitrogens with one attached hydrogen (secondary N) is 2. The number of rotatable bonds is 7. The van der Waals surface area contributed by atoms with Crippen LogP contribution in [0.25, 0.3) is 5.76 Å². The van der Waals surface area contributed by atoms with Gasteiger partial charge in [0.05, 0.1) is 11.4 Å². The highest BCUT2D eigenvalue weighted by atomic mass is 19.1. The van der Waals surface area contributed by atoms with Crippen LogP contribution in [0.2, 0.25) is 0 Å². The Morgan fingerprint density at radius 3 is 2.56 bits per heavy atom. The number of hydrogen-bond donors (Lipinski definition) is 3. The highest BCUT2D eigenvalue weighted by Gasteiger charge is 2.20. The Balaban J connectivity index is 1.77. The van der Waals surface area contributed by atoms with Crippen LogP contribution >= 0.6 is 0 Å². The van der Waals surface area contributed by atoms with Crippen molar-refractivity contribution in [2.75, 3.05) is 12.0 Å². The van der Waals surface area contributed by atoms with E-state index >= 15 is 0 Å². The first-order valence-electron chi connectivity index (χ1n) is 10.2. The van der Waals surface area contributed by atoms with Crippen LogP contribution in [0.1, 0.15) is 19.5 Å². The molecule has 1 amide bonds. The maximum atomic E-state index is 13.0. The number of halogens is 1. The van der Waals surface area contributed by atoms with E-state index < -0.39 is 0 Å². The van der Waals surface area contributed by atoms with Gasteiger partial charge in [-0.15, -0.1) is 0 Å². The highest BCUT2D eigenvalue weighted by molar-refractivity contribution is 5.94. The van der Waals surface area contributed by atoms with Crippen molar-refractivity contribution in [1.29, 1.82) is 0 Å². The summed E-state index contributed by atoms with van der Waals surface area (Å²) in [6.07, 6.45) is 8.41. The summed E-state index contributed by atoms with van der Waals surface area (Å²) in [6.45, 7) is 4.66. The van der Waals surface area contributed by atoms with E-state index in [1.54, 1.807) is 35.3 Å². The Bertz CT molecular complexity index is 1160. The van der Waals surface area contributed by atoms with E-state index in [0.29, 0.717) is 35.9 Å². The summed E-state index contributed by atoms with van der Waals surface area (Å²) in [5.74, 6) is -0.792. The van der Waals surface area contributed by atoms with Crippen molar-refractivity contribution in [3.8, 4) is 0 Å². The number of hydrogen-bond acceptors (Lipinski definition) is 5. The van der Waals surface area contributed by atoms with Gasteiger partial charge in [0.15, 0.2) is 0 Å². The Morgan fingerprint density at radius 2 is 1.88 bits per heavy atom. The summed E-state index contributed by atoms with van der Waals surface area (Å²) in [7, 11) is 0. The molecule has 3 N–H and O–H groups in total. The number of carbonyl (C=O) groups is 1. The van der Waals surface area contributed by atoms with E-state index in [9.17, 15) is 19.1 Å². The molecular weight excluding hydrogens is 411 g/mol. The van der Waals surface area contributed by atoms with Crippen LogP contribution in [0.5, 0.6) is 0 Å². The molecule has 0 unspecified atom stereocenters. The number of aromatic nitrogens is 1. The van der Waals surface area contributed by atoms with Crippen LogP contribution in [0.4, 0.5) is 10.1 Å². The van der Waals surface area contributed by atoms with Crippen molar-refractivity contribution < 1.29 is 14.3 Å². The molecule has 1 aromatic carbocycles. The lowest BCUT2D eigenvalue weighted by atomic mass is 10.1. The second kappa shape index (κ2) is 10.3. The van der Waals surface area contributed by atoms with E-state index in [-0.39, 0.29) is 23.0 Å². The first-order chi connectivity index (χ1) is 15.4. The van der Waals surface area contributed by atoms with Crippen LogP contribution in [0, 0.1) is 5.82 Å². The predicted molar refractivity (Wildman–Crippen MR) is 123 cm³/mol. The monoisotopic (exact) mass is 436 g/mol. The van der Waals surface area contributed by atoms with Gasteiger partial charge in [0.1, 0.15) is 17.3 Å². The third-order valence-electron chi connectivity index (χ3n) is 4.88. The van der Waals surface area contributed by atoms with Crippen LogP contribution < -0.4 is 16.4 Å². The second-order valence-electron chi connectivity index (χ2n) is 6.88. The third kappa shape index (κ3) is 5.15. The first-order valence-corrected chi connectivity index (χ1v) is 10.2. The Hall–Kier alpha value is -4.07. The van der Waals surface area contributed by atoms with E-state index in [4.69, 9.17) is 0 Å². The molecule has 0 saturated heterocycles. The third-order valence-corrected chi connectivity index (χ3v) is 4.88. The minimum Gasteiger partial charge on any atom is -0.506 e. The molecule has 8 heteroatoms. The molecule has 0 spiro atoms. The minimum absolute atomic E-state index is 0.0555. The number of amides is 1. The van der Waals surface area contributed by atoms with Gasteiger partial charge in [0.25, 0.3) is 11.5 Å². The number of aliphatic hydroxyl groups excluding tert-OH is 1. The number of allylic oxidation sites excluding steroid dienone is 5. The summed E-state index contributed by atoms with van der Waals surface area (Å²) >= 11 is 0. The van der Waals surface area contributed by atoms with Gasteiger partial charge in [0, 0.05) is 24.9 Å². The molecule has 2 heterocycles. The lowest BCUT2D eigenvalue weighted by Crippen LogP contribution is -2.38. The summed E-state index contributed by atoms with van der Waals surface area (Å²) in [5, 5.41) is 10.5. The summed E-state index contributed by atoms with van der Waals surface area (Å²) in [4.78, 5) is 26.5. The molecule has 1 aliphatic rings. The van der Waals surface area contributed by atoms with Crippen LogP contribution in [0.3, 0.4) is 0 Å². The zero-order chi connectivity index (χ0) is 23.1. The quantitative estimate of drug-likeness (QED) is 0.455. The maximum Gasteiger partial charge on any atom is 0.286 e. The Morgan fingerprint density at radius 1 is 1.12 bits per heavy atom. The van der Waals surface area contributed by atoms with Gasteiger partial charge in [-0.25, -0.2) is 4.39 Å². The van der Waals surface area contributed by atoms with Crippen LogP contribution in [0.15, 0.2) is 89.0 Å². The van der Waals surface area contributed by atoms with Crippen LogP contribution in [-0.4, -0.2) is 27.0 Å². The minimum atomic E-state index is -0.373. The summed E-state index contributed by atoms with van der Waals surface area (Å²) in [6, 6.07) is 10.3. The average Bonchev–Trinajstić information content (AvgIpc) is 2.81. The van der Waals surface area contributed by atoms with Gasteiger partial charge >= 0.3 is 0 Å². The van der Waals surface area contributed by atoms with Crippen molar-refractivity contribution in [1.82, 2.24) is 14.9 Å². The second-order valence-corrected chi connectivity index (χ2v) is 6.88. The fourth-order valence-electron chi connectivity index (χ4n) is 3.30. The SMILES string of the molecule is CCN1C(=C/C=C(\O)c2cccc(=O)n2CC)C=CC=C1C(=O)NNc1ccc(F)cc1. The molecule has 1 aromatic heterocycles. The number of aliphatic hydroxyl groups is 1. The Kier molecular flexibility index (Phi) is 7.28. The summed E-state index contributed by atoms with van der Waals surface area (Å²) in [5.41, 5.74) is 7.21. The van der Waals surface area contributed by atoms with Gasteiger partial charge in [-0.3, -0.25) is 20.4 Å². The predicted octanol–water partition coefficient (Wildman–Crippen LogP) is 3.71. The molecule has 0 aliphatic carbocycles. The molecule has 7 nitrogen and oxygen atoms in total. The number of likely N-dealkylation sites (N-methyl/N-ethyl adjacent to an activating group) is 1. The zero-order valence-electron chi connectivity index (χ0n) is 17.9. The number of carbonyl (C=O) groups excluding carboxylic acids is 1. The standard InChI is InChI=1S/C24H25FN4O3/c1-3-28-19(15-16-22(30)20-8-6-10-23(31)29(20)4-2)7-5-9-21(28)24(32)27-26-18-13-11-17(25)12-14-18/h5-16,26,30H,3-4H2,1-2H3,(H,27,32)/b19-15?,22-16-. The topological polar surface area (TPSA) is 86.6 Å². The maximum absolute atomic E-state index is 13.0. The lowest BCUT2D eigenvalue weighted by molar-refractivity contribution is -0.118. The van der Waals surface area contributed by atoms with Crippen molar-refractivity contribution in [3.63, 3.8) is 0 Å². The van der Waals surface area contributed by atoms with E-state index in [1.807, 2.05) is 19.9 Å². The largest absolute Gasteiger partial charge is 0.506 e. The molecular formula is C24H25FN4O3. The number of hydrazine groups is 1. The fraction of sp³-hybridized carbons (Fsp3) is 0.167. The van der Waals surface area contributed by atoms with E-state index in [0.717, 1.165) is 0 Å².